The molecular weight excluding hydrogens is 356 g/mol. The van der Waals surface area contributed by atoms with E-state index in [2.05, 4.69) is 19.9 Å². The average Bonchev–Trinajstić information content (AvgIpc) is 2.63. The van der Waals surface area contributed by atoms with E-state index >= 15 is 0 Å². The first kappa shape index (κ1) is 19.1. The Labute approximate surface area is 152 Å². The van der Waals surface area contributed by atoms with E-state index in [-0.39, 0.29) is 17.9 Å². The van der Waals surface area contributed by atoms with Crippen LogP contribution in [0, 0.1) is 13.8 Å². The predicted octanol–water partition coefficient (Wildman–Crippen LogP) is -1.65. The molecule has 0 aromatic heterocycles. The van der Waals surface area contributed by atoms with Gasteiger partial charge in [0.15, 0.2) is 11.5 Å². The Kier molecular flexibility index (Phi) is 5.07. The molecule has 0 unspecified atom stereocenters. The van der Waals surface area contributed by atoms with Gasteiger partial charge < -0.3 is 25.4 Å². The molecule has 0 saturated heterocycles. The molecule has 2 aliphatic rings. The van der Waals surface area contributed by atoms with Crippen LogP contribution in [0.5, 0.6) is 0 Å². The number of hydrogen-bond acceptors (Lipinski definition) is 8. The molecule has 0 bridgehead atoms. The maximum atomic E-state index is 12.0. The summed E-state index contributed by atoms with van der Waals surface area (Å²) >= 11 is 0. The zero-order valence-electron chi connectivity index (χ0n) is 14.7. The number of aliphatic hydroxyl groups excluding tert-OH is 4. The van der Waals surface area contributed by atoms with Crippen LogP contribution in [0.15, 0.2) is 15.7 Å². The molecule has 27 heavy (non-hydrogen) atoms. The molecule has 10 heteroatoms. The lowest BCUT2D eigenvalue weighted by Crippen LogP contribution is -2.40. The largest absolute Gasteiger partial charge is 0.394 e. The van der Waals surface area contributed by atoms with Gasteiger partial charge in [-0.25, -0.2) is 9.78 Å². The number of aromatic nitrogens is 4. The van der Waals surface area contributed by atoms with E-state index in [0.717, 1.165) is 11.1 Å². The van der Waals surface area contributed by atoms with E-state index in [0.29, 0.717) is 16.6 Å². The van der Waals surface area contributed by atoms with Crippen molar-refractivity contribution in [3.63, 3.8) is 0 Å². The third-order valence-corrected chi connectivity index (χ3v) is 4.64. The van der Waals surface area contributed by atoms with Crippen LogP contribution in [0.2, 0.25) is 0 Å². The molecule has 1 aromatic rings. The number of nitrogens with zero attached hydrogens (tertiary/aromatic N) is 2. The number of fused-ring (bicyclic) bond motifs is 2. The third kappa shape index (κ3) is 3.47. The average molecular weight is 376 g/mol. The number of rotatable bonds is 5. The number of aliphatic hydroxyl groups is 4. The van der Waals surface area contributed by atoms with Crippen molar-refractivity contribution in [2.24, 2.45) is 0 Å². The van der Waals surface area contributed by atoms with Crippen molar-refractivity contribution in [1.82, 2.24) is 19.9 Å². The fourth-order valence-corrected chi connectivity index (χ4v) is 2.99. The van der Waals surface area contributed by atoms with Crippen molar-refractivity contribution in [1.29, 1.82) is 0 Å². The van der Waals surface area contributed by atoms with Crippen molar-refractivity contribution in [2.45, 2.75) is 38.6 Å². The highest BCUT2D eigenvalue weighted by molar-refractivity contribution is 5.85. The fraction of sp³-hybridized carbons (Fsp3) is 0.412. The summed E-state index contributed by atoms with van der Waals surface area (Å²) in [5.74, 6) is 0.00573. The van der Waals surface area contributed by atoms with Crippen LogP contribution in [0.4, 0.5) is 0 Å². The smallest absolute Gasteiger partial charge is 0.349 e. The maximum absolute atomic E-state index is 12.0. The normalized spacial score (nSPS) is 15.2. The van der Waals surface area contributed by atoms with E-state index in [1.54, 1.807) is 6.07 Å². The molecule has 1 aromatic carbocycles. The van der Waals surface area contributed by atoms with Crippen LogP contribution >= 0.6 is 0 Å². The van der Waals surface area contributed by atoms with Crippen molar-refractivity contribution in [3.8, 4) is 11.5 Å². The second-order valence-electron chi connectivity index (χ2n) is 6.52. The minimum absolute atomic E-state index is 0.00573. The Balaban J connectivity index is 2.20. The summed E-state index contributed by atoms with van der Waals surface area (Å²) in [5.41, 5.74) is 1.62. The molecule has 0 spiro atoms. The van der Waals surface area contributed by atoms with Crippen LogP contribution in [-0.4, -0.2) is 65.3 Å². The second-order valence-corrected chi connectivity index (χ2v) is 6.52. The van der Waals surface area contributed by atoms with Gasteiger partial charge in [0.1, 0.15) is 12.2 Å². The van der Waals surface area contributed by atoms with Gasteiger partial charge in [-0.15, -0.1) is 0 Å². The summed E-state index contributed by atoms with van der Waals surface area (Å²) in [6, 6.07) is 1.77. The number of aromatic amines is 2. The number of nitrogens with one attached hydrogen (secondary N) is 2. The van der Waals surface area contributed by atoms with Crippen LogP contribution in [0.25, 0.3) is 22.6 Å². The highest BCUT2D eigenvalue weighted by atomic mass is 16.4. The molecule has 144 valence electrons. The highest BCUT2D eigenvalue weighted by Gasteiger charge is 2.26. The SMILES string of the molecule is Cc1cc(C[C@H](O)[C@H](O)[C@H](O)CO)c2[nH]c3nc(=O)[nH]c(=O)c-3nc2c1C. The van der Waals surface area contributed by atoms with Gasteiger partial charge in [-0.1, -0.05) is 6.07 Å². The molecule has 0 amide bonds. The standard InChI is InChI=1S/C17H20N4O6/c1-6-3-8(4-9(23)14(25)10(24)5-22)12-11(7(6)2)18-13-15(19-12)20-17(27)21-16(13)26/h3,9-10,14,22-25H,4-5H2,1-2H3,(H2,19,20,21,26,27)/t9-,10+,14-/m0/s1. The van der Waals surface area contributed by atoms with Gasteiger partial charge in [-0.05, 0) is 30.5 Å². The first-order valence-electron chi connectivity index (χ1n) is 8.31. The Bertz CT molecular complexity index is 1080. The molecule has 0 aliphatic carbocycles. The highest BCUT2D eigenvalue weighted by Crippen LogP contribution is 2.26. The number of hydrogen-bond donors (Lipinski definition) is 6. The minimum Gasteiger partial charge on any atom is -0.394 e. The van der Waals surface area contributed by atoms with Crippen molar-refractivity contribution in [3.05, 3.63) is 43.6 Å². The van der Waals surface area contributed by atoms with Crippen LogP contribution in [0.1, 0.15) is 16.7 Å². The van der Waals surface area contributed by atoms with E-state index in [4.69, 9.17) is 5.11 Å². The minimum atomic E-state index is -1.55. The van der Waals surface area contributed by atoms with E-state index in [1.165, 1.54) is 0 Å². The van der Waals surface area contributed by atoms with Crippen molar-refractivity contribution < 1.29 is 20.4 Å². The lowest BCUT2D eigenvalue weighted by molar-refractivity contribution is -0.0754. The van der Waals surface area contributed by atoms with Crippen molar-refractivity contribution in [2.75, 3.05) is 6.61 Å². The summed E-state index contributed by atoms with van der Waals surface area (Å²) in [7, 11) is 0. The van der Waals surface area contributed by atoms with E-state index in [9.17, 15) is 24.9 Å². The van der Waals surface area contributed by atoms with Gasteiger partial charge >= 0.3 is 5.69 Å². The Morgan fingerprint density at radius 2 is 1.78 bits per heavy atom. The Morgan fingerprint density at radius 1 is 1.07 bits per heavy atom. The topological polar surface area (TPSA) is 172 Å². The molecule has 0 fully saturated rings. The Morgan fingerprint density at radius 3 is 2.44 bits per heavy atom. The molecule has 3 atom stereocenters. The molecule has 3 rings (SSSR count). The van der Waals surface area contributed by atoms with Gasteiger partial charge in [0.2, 0.25) is 0 Å². The molecule has 0 saturated carbocycles. The molecule has 2 aliphatic heterocycles. The van der Waals surface area contributed by atoms with Crippen molar-refractivity contribution >= 4 is 11.0 Å². The van der Waals surface area contributed by atoms with Gasteiger partial charge in [0.25, 0.3) is 5.56 Å². The Hall–Kier alpha value is -2.66. The zero-order valence-corrected chi connectivity index (χ0v) is 14.7. The predicted molar refractivity (Wildman–Crippen MR) is 95.7 cm³/mol. The second kappa shape index (κ2) is 7.16. The molecule has 2 heterocycles. The van der Waals surface area contributed by atoms with Gasteiger partial charge in [0.05, 0.1) is 23.7 Å². The summed E-state index contributed by atoms with van der Waals surface area (Å²) in [5, 5.41) is 38.6. The summed E-state index contributed by atoms with van der Waals surface area (Å²) in [6.07, 6.45) is -4.45. The molecule has 0 radical (unpaired) electrons. The summed E-state index contributed by atoms with van der Waals surface area (Å²) in [4.78, 5) is 36.5. The fourth-order valence-electron chi connectivity index (χ4n) is 2.99. The first-order valence-corrected chi connectivity index (χ1v) is 8.31. The summed E-state index contributed by atoms with van der Waals surface area (Å²) < 4.78 is 0. The molecule has 6 N–H and O–H groups in total. The number of aryl methyl sites for hydroxylation is 2. The lowest BCUT2D eigenvalue weighted by Gasteiger charge is -2.22. The van der Waals surface area contributed by atoms with Gasteiger partial charge in [-0.3, -0.25) is 9.78 Å². The van der Waals surface area contributed by atoms with Gasteiger partial charge in [-0.2, -0.15) is 4.98 Å². The maximum Gasteiger partial charge on any atom is 0.349 e. The van der Waals surface area contributed by atoms with Crippen LogP contribution < -0.4 is 11.2 Å². The van der Waals surface area contributed by atoms with E-state index < -0.39 is 36.2 Å². The third-order valence-electron chi connectivity index (χ3n) is 4.64. The van der Waals surface area contributed by atoms with E-state index in [1.807, 2.05) is 13.8 Å². The summed E-state index contributed by atoms with van der Waals surface area (Å²) in [6.45, 7) is 2.96. The lowest BCUT2D eigenvalue weighted by atomic mass is 9.95. The molecular formula is C17H20N4O6. The first-order chi connectivity index (χ1) is 12.7. The van der Waals surface area contributed by atoms with Crippen LogP contribution in [-0.2, 0) is 6.42 Å². The number of benzene rings is 1. The monoisotopic (exact) mass is 376 g/mol. The number of H-pyrrole nitrogens is 2. The quantitative estimate of drug-likeness (QED) is 0.287. The van der Waals surface area contributed by atoms with Gasteiger partial charge in [0, 0.05) is 6.42 Å². The van der Waals surface area contributed by atoms with Crippen LogP contribution in [0.3, 0.4) is 0 Å². The zero-order chi connectivity index (χ0) is 19.9. The molecule has 10 nitrogen and oxygen atoms in total.